The SMILES string of the molecule is CN(C)N1Cc2c([nH]c3ccccc23)C1=O. The highest BCUT2D eigenvalue weighted by atomic mass is 16.2. The Morgan fingerprint density at radius 2 is 2.06 bits per heavy atom. The average molecular weight is 215 g/mol. The van der Waals surface area contributed by atoms with E-state index < -0.39 is 0 Å². The number of hydrazine groups is 1. The third-order valence-corrected chi connectivity index (χ3v) is 3.05. The summed E-state index contributed by atoms with van der Waals surface area (Å²) in [5.41, 5.74) is 2.88. The second-order valence-corrected chi connectivity index (χ2v) is 4.23. The van der Waals surface area contributed by atoms with E-state index in [0.717, 1.165) is 22.2 Å². The Balaban J connectivity index is 2.18. The molecule has 0 fully saturated rings. The predicted molar refractivity (Wildman–Crippen MR) is 61.9 cm³/mol. The molecule has 4 nitrogen and oxygen atoms in total. The third-order valence-electron chi connectivity index (χ3n) is 3.05. The Morgan fingerprint density at radius 3 is 2.81 bits per heavy atom. The van der Waals surface area contributed by atoms with E-state index in [4.69, 9.17) is 0 Å². The van der Waals surface area contributed by atoms with Gasteiger partial charge in [0.2, 0.25) is 0 Å². The summed E-state index contributed by atoms with van der Waals surface area (Å²) in [6.45, 7) is 0.658. The van der Waals surface area contributed by atoms with Gasteiger partial charge in [0.25, 0.3) is 5.91 Å². The van der Waals surface area contributed by atoms with Gasteiger partial charge < -0.3 is 4.98 Å². The van der Waals surface area contributed by atoms with Crippen molar-refractivity contribution in [1.82, 2.24) is 15.0 Å². The smallest absolute Gasteiger partial charge is 0.285 e. The van der Waals surface area contributed by atoms with Crippen LogP contribution in [0.2, 0.25) is 0 Å². The van der Waals surface area contributed by atoms with Gasteiger partial charge in [-0.25, -0.2) is 5.01 Å². The van der Waals surface area contributed by atoms with Crippen molar-refractivity contribution in [3.05, 3.63) is 35.5 Å². The average Bonchev–Trinajstić information content (AvgIpc) is 2.76. The number of hydrogen-bond donors (Lipinski definition) is 1. The maximum Gasteiger partial charge on any atom is 0.285 e. The summed E-state index contributed by atoms with van der Waals surface area (Å²) in [4.78, 5) is 15.3. The molecule has 2 heterocycles. The Kier molecular flexibility index (Phi) is 1.82. The lowest BCUT2D eigenvalue weighted by Crippen LogP contribution is -2.37. The lowest BCUT2D eigenvalue weighted by molar-refractivity contribution is 0.0220. The summed E-state index contributed by atoms with van der Waals surface area (Å²) < 4.78 is 0. The number of carbonyl (C=O) groups is 1. The summed E-state index contributed by atoms with van der Waals surface area (Å²) in [5, 5.41) is 4.70. The van der Waals surface area contributed by atoms with Crippen LogP contribution < -0.4 is 0 Å². The molecule has 0 saturated heterocycles. The second-order valence-electron chi connectivity index (χ2n) is 4.23. The van der Waals surface area contributed by atoms with Crippen LogP contribution in [-0.4, -0.2) is 35.0 Å². The van der Waals surface area contributed by atoms with Crippen LogP contribution in [0.1, 0.15) is 16.1 Å². The molecule has 1 amide bonds. The molecule has 1 N–H and O–H groups in total. The number of amides is 1. The lowest BCUT2D eigenvalue weighted by Gasteiger charge is -2.23. The third kappa shape index (κ3) is 1.10. The fourth-order valence-corrected chi connectivity index (χ4v) is 2.22. The number of benzene rings is 1. The van der Waals surface area contributed by atoms with E-state index in [1.165, 1.54) is 0 Å². The first kappa shape index (κ1) is 9.42. The molecular weight excluding hydrogens is 202 g/mol. The van der Waals surface area contributed by atoms with Crippen molar-refractivity contribution >= 4 is 16.8 Å². The fraction of sp³-hybridized carbons (Fsp3) is 0.250. The highest BCUT2D eigenvalue weighted by molar-refractivity contribution is 6.03. The van der Waals surface area contributed by atoms with Crippen molar-refractivity contribution in [3.63, 3.8) is 0 Å². The van der Waals surface area contributed by atoms with E-state index in [1.807, 2.05) is 37.3 Å². The Morgan fingerprint density at radius 1 is 1.31 bits per heavy atom. The van der Waals surface area contributed by atoms with Crippen molar-refractivity contribution in [2.45, 2.75) is 6.54 Å². The van der Waals surface area contributed by atoms with Crippen LogP contribution in [0.15, 0.2) is 24.3 Å². The zero-order chi connectivity index (χ0) is 11.3. The van der Waals surface area contributed by atoms with E-state index in [1.54, 1.807) is 5.01 Å². The van der Waals surface area contributed by atoms with Gasteiger partial charge in [-0.3, -0.25) is 9.80 Å². The highest BCUT2D eigenvalue weighted by Gasteiger charge is 2.32. The number of hydrogen-bond acceptors (Lipinski definition) is 2. The number of fused-ring (bicyclic) bond motifs is 3. The number of nitrogens with zero attached hydrogens (tertiary/aromatic N) is 2. The monoisotopic (exact) mass is 215 g/mol. The minimum absolute atomic E-state index is 0.0520. The largest absolute Gasteiger partial charge is 0.350 e. The van der Waals surface area contributed by atoms with Gasteiger partial charge in [-0.05, 0) is 6.07 Å². The highest BCUT2D eigenvalue weighted by Crippen LogP contribution is 2.30. The molecule has 1 aromatic carbocycles. The van der Waals surface area contributed by atoms with Gasteiger partial charge in [-0.15, -0.1) is 0 Å². The minimum atomic E-state index is 0.0520. The zero-order valence-electron chi connectivity index (χ0n) is 9.32. The molecule has 0 unspecified atom stereocenters. The molecule has 3 rings (SSSR count). The topological polar surface area (TPSA) is 39.3 Å². The van der Waals surface area contributed by atoms with Crippen molar-refractivity contribution in [3.8, 4) is 0 Å². The van der Waals surface area contributed by atoms with Gasteiger partial charge in [-0.2, -0.15) is 0 Å². The maximum absolute atomic E-state index is 12.1. The molecule has 0 bridgehead atoms. The van der Waals surface area contributed by atoms with Crippen LogP contribution in [0.4, 0.5) is 0 Å². The first-order valence-electron chi connectivity index (χ1n) is 5.27. The summed E-state index contributed by atoms with van der Waals surface area (Å²) >= 11 is 0. The lowest BCUT2D eigenvalue weighted by atomic mass is 10.1. The van der Waals surface area contributed by atoms with Gasteiger partial charge in [0.05, 0.1) is 6.54 Å². The van der Waals surface area contributed by atoms with Crippen LogP contribution in [0.3, 0.4) is 0 Å². The van der Waals surface area contributed by atoms with E-state index in [2.05, 4.69) is 11.1 Å². The molecule has 1 aliphatic rings. The number of carbonyl (C=O) groups excluding carboxylic acids is 1. The molecule has 0 saturated carbocycles. The van der Waals surface area contributed by atoms with Crippen LogP contribution in [0.25, 0.3) is 10.9 Å². The van der Waals surface area contributed by atoms with Gasteiger partial charge in [0, 0.05) is 30.6 Å². The van der Waals surface area contributed by atoms with Crippen LogP contribution >= 0.6 is 0 Å². The molecular formula is C12H13N3O. The van der Waals surface area contributed by atoms with Gasteiger partial charge in [-0.1, -0.05) is 18.2 Å². The Labute approximate surface area is 93.4 Å². The van der Waals surface area contributed by atoms with Gasteiger partial charge in [0.1, 0.15) is 5.69 Å². The number of aromatic amines is 1. The van der Waals surface area contributed by atoms with E-state index in [9.17, 15) is 4.79 Å². The number of H-pyrrole nitrogens is 1. The molecule has 1 aromatic heterocycles. The number of para-hydroxylation sites is 1. The first-order valence-corrected chi connectivity index (χ1v) is 5.27. The van der Waals surface area contributed by atoms with Crippen LogP contribution in [0.5, 0.6) is 0 Å². The van der Waals surface area contributed by atoms with Crippen molar-refractivity contribution in [1.29, 1.82) is 0 Å². The normalized spacial score (nSPS) is 15.2. The maximum atomic E-state index is 12.1. The van der Waals surface area contributed by atoms with E-state index in [0.29, 0.717) is 6.54 Å². The quantitative estimate of drug-likeness (QED) is 0.784. The predicted octanol–water partition coefficient (Wildman–Crippen LogP) is 1.60. The minimum Gasteiger partial charge on any atom is -0.350 e. The number of aromatic nitrogens is 1. The van der Waals surface area contributed by atoms with Crippen molar-refractivity contribution in [2.75, 3.05) is 14.1 Å². The summed E-state index contributed by atoms with van der Waals surface area (Å²) in [5.74, 6) is 0.0520. The summed E-state index contributed by atoms with van der Waals surface area (Å²) in [6.07, 6.45) is 0. The molecule has 4 heteroatoms. The molecule has 0 atom stereocenters. The zero-order valence-corrected chi connectivity index (χ0v) is 9.32. The van der Waals surface area contributed by atoms with Gasteiger partial charge in [0.15, 0.2) is 0 Å². The standard InChI is InChI=1S/C12H13N3O/c1-14(2)15-7-9-8-5-3-4-6-10(8)13-11(9)12(15)16/h3-6,13H,7H2,1-2H3. The summed E-state index contributed by atoms with van der Waals surface area (Å²) in [6, 6.07) is 8.03. The number of nitrogens with one attached hydrogen (secondary N) is 1. The summed E-state index contributed by atoms with van der Waals surface area (Å²) in [7, 11) is 3.76. The van der Waals surface area contributed by atoms with Gasteiger partial charge >= 0.3 is 0 Å². The Hall–Kier alpha value is -1.81. The van der Waals surface area contributed by atoms with E-state index in [-0.39, 0.29) is 5.91 Å². The molecule has 0 spiro atoms. The molecule has 16 heavy (non-hydrogen) atoms. The molecule has 0 aliphatic carbocycles. The van der Waals surface area contributed by atoms with Crippen LogP contribution in [-0.2, 0) is 6.54 Å². The Bertz CT molecular complexity index is 571. The van der Waals surface area contributed by atoms with E-state index >= 15 is 0 Å². The van der Waals surface area contributed by atoms with Crippen molar-refractivity contribution < 1.29 is 4.79 Å². The number of rotatable bonds is 1. The molecule has 82 valence electrons. The van der Waals surface area contributed by atoms with Crippen molar-refractivity contribution in [2.24, 2.45) is 0 Å². The molecule has 0 radical (unpaired) electrons. The molecule has 1 aliphatic heterocycles. The van der Waals surface area contributed by atoms with Crippen LogP contribution in [0, 0.1) is 0 Å². The molecule has 2 aromatic rings. The first-order chi connectivity index (χ1) is 7.68. The fourth-order valence-electron chi connectivity index (χ4n) is 2.22. The second kappa shape index (κ2) is 3.09.